The van der Waals surface area contributed by atoms with E-state index in [-0.39, 0.29) is 39.0 Å². The lowest BCUT2D eigenvalue weighted by Gasteiger charge is -2.20. The van der Waals surface area contributed by atoms with Crippen molar-refractivity contribution in [2.45, 2.75) is 35.5 Å². The number of anilines is 2. The summed E-state index contributed by atoms with van der Waals surface area (Å²) in [6, 6.07) is 12.2. The molecule has 0 saturated carbocycles. The zero-order valence-electron chi connectivity index (χ0n) is 30.5. The van der Waals surface area contributed by atoms with Crippen molar-refractivity contribution in [2.24, 2.45) is 11.8 Å². The molecule has 2 aromatic carbocycles. The summed E-state index contributed by atoms with van der Waals surface area (Å²) in [6.07, 6.45) is 11.1. The Bertz CT molecular complexity index is 2510. The second-order valence-electron chi connectivity index (χ2n) is 13.3. The number of nitrogens with one attached hydrogen (secondary N) is 2. The quantitative estimate of drug-likeness (QED) is 0.166. The highest BCUT2D eigenvalue weighted by atomic mass is 35.5. The number of benzene rings is 2. The third kappa shape index (κ3) is 13.4. The summed E-state index contributed by atoms with van der Waals surface area (Å²) in [5.41, 5.74) is 1.91. The number of hydrogen-bond acceptors (Lipinski definition) is 13. The van der Waals surface area contributed by atoms with E-state index in [0.29, 0.717) is 65.6 Å². The van der Waals surface area contributed by atoms with Crippen molar-refractivity contribution >= 4 is 119 Å². The average molecular weight is 934 g/mol. The molecule has 57 heavy (non-hydrogen) atoms. The van der Waals surface area contributed by atoms with E-state index in [0.717, 1.165) is 48.0 Å². The fourth-order valence-corrected chi connectivity index (χ4v) is 11.6. The number of allylic oxidation sites excluding steroid dienone is 2. The average Bonchev–Trinajstić information content (AvgIpc) is 3.76. The van der Waals surface area contributed by atoms with Crippen molar-refractivity contribution in [2.75, 3.05) is 46.2 Å². The van der Waals surface area contributed by atoms with E-state index >= 15 is 0 Å². The Hall–Kier alpha value is -3.30. The summed E-state index contributed by atoms with van der Waals surface area (Å²) in [4.78, 5) is 34.2. The summed E-state index contributed by atoms with van der Waals surface area (Å²) >= 11 is 14.0. The Morgan fingerprint density at radius 1 is 0.702 bits per heavy atom. The lowest BCUT2D eigenvalue weighted by Crippen LogP contribution is -2.23. The van der Waals surface area contributed by atoms with Gasteiger partial charge in [-0.25, -0.2) is 35.2 Å². The predicted molar refractivity (Wildman–Crippen MR) is 229 cm³/mol. The standard InChI is InChI=1S/C18H19ClN2O5S3.C18H19ClN2O4S3/c1-28(23,24)14-4-2-13(3-5-14)15(10-12-6-8-29(25,26)9-7-12)17(22)21-18-20-11-16(19)27-18;1-28(24,25)14-4-2-13(3-5-14)15(10-12-6-8-27(23)9-7-12)17(22)21-18-20-11-16(19)26-18/h2-5,10-12H,6-9H2,1H3,(H,20,21,22);2-5,10-12H,6-9H2,1H3,(H,20,21,22)/b2*15-10+. The van der Waals surface area contributed by atoms with Crippen LogP contribution in [0.1, 0.15) is 36.8 Å². The van der Waals surface area contributed by atoms with Crippen LogP contribution in [0, 0.1) is 11.8 Å². The molecular formula is C36H38Cl2N4O9S6. The molecular weight excluding hydrogens is 896 g/mol. The molecule has 2 aromatic heterocycles. The van der Waals surface area contributed by atoms with Crippen LogP contribution >= 0.6 is 45.9 Å². The third-order valence-electron chi connectivity index (χ3n) is 8.91. The highest BCUT2D eigenvalue weighted by Gasteiger charge is 2.25. The second kappa shape index (κ2) is 19.2. The molecule has 0 radical (unpaired) electrons. The van der Waals surface area contributed by atoms with Gasteiger partial charge >= 0.3 is 0 Å². The van der Waals surface area contributed by atoms with Crippen molar-refractivity contribution in [1.82, 2.24) is 9.97 Å². The maximum absolute atomic E-state index is 12.9. The summed E-state index contributed by atoms with van der Waals surface area (Å²) in [7, 11) is -10.5. The van der Waals surface area contributed by atoms with Gasteiger partial charge in [-0.15, -0.1) is 0 Å². The predicted octanol–water partition coefficient (Wildman–Crippen LogP) is 6.43. The maximum atomic E-state index is 12.9. The molecule has 0 unspecified atom stereocenters. The van der Waals surface area contributed by atoms with E-state index in [4.69, 9.17) is 23.2 Å². The topological polar surface area (TPSA) is 203 Å². The molecule has 0 atom stereocenters. The van der Waals surface area contributed by atoms with E-state index in [1.807, 2.05) is 6.08 Å². The first-order valence-corrected chi connectivity index (χ1v) is 26.7. The molecule has 2 fully saturated rings. The van der Waals surface area contributed by atoms with Gasteiger partial charge in [-0.2, -0.15) is 0 Å². The van der Waals surface area contributed by atoms with Crippen LogP contribution in [0.2, 0.25) is 8.67 Å². The zero-order valence-corrected chi connectivity index (χ0v) is 36.9. The molecule has 13 nitrogen and oxygen atoms in total. The van der Waals surface area contributed by atoms with Gasteiger partial charge in [-0.3, -0.25) is 24.4 Å². The van der Waals surface area contributed by atoms with Gasteiger partial charge in [-0.05, 0) is 72.9 Å². The van der Waals surface area contributed by atoms with E-state index in [2.05, 4.69) is 20.6 Å². The van der Waals surface area contributed by atoms with Gasteiger partial charge in [0.05, 0.1) is 33.7 Å². The van der Waals surface area contributed by atoms with Gasteiger partial charge < -0.3 is 0 Å². The van der Waals surface area contributed by atoms with E-state index in [1.54, 1.807) is 30.3 Å². The first-order chi connectivity index (χ1) is 26.8. The van der Waals surface area contributed by atoms with Crippen LogP contribution in [0.25, 0.3) is 11.1 Å². The van der Waals surface area contributed by atoms with Gasteiger partial charge in [0.2, 0.25) is 0 Å². The Kier molecular flexibility index (Phi) is 15.1. The summed E-state index contributed by atoms with van der Waals surface area (Å²) < 4.78 is 82.7. The molecule has 21 heteroatoms. The van der Waals surface area contributed by atoms with Crippen molar-refractivity contribution in [1.29, 1.82) is 0 Å². The number of thiazole rings is 2. The van der Waals surface area contributed by atoms with Crippen LogP contribution in [0.4, 0.5) is 10.3 Å². The number of amides is 2. The number of carbonyl (C=O) groups is 2. The SMILES string of the molecule is CS(=O)(=O)c1ccc(/C(=C\C2CCS(=O)(=O)CC2)C(=O)Nc2ncc(Cl)s2)cc1.CS(=O)(=O)c1ccc(/C(=C\C2CCS(=O)CC2)C(=O)Nc2ncc(Cl)s2)cc1. The Morgan fingerprint density at radius 2 is 1.07 bits per heavy atom. The second-order valence-corrected chi connectivity index (χ2v) is 24.6. The van der Waals surface area contributed by atoms with Crippen molar-refractivity contribution in [3.63, 3.8) is 0 Å². The van der Waals surface area contributed by atoms with Gasteiger partial charge in [0.15, 0.2) is 29.9 Å². The van der Waals surface area contributed by atoms with Crippen LogP contribution in [0.15, 0.2) is 82.9 Å². The normalized spacial score (nSPS) is 19.2. The molecule has 2 amide bonds. The van der Waals surface area contributed by atoms with E-state index in [9.17, 15) is 39.1 Å². The van der Waals surface area contributed by atoms with Crippen molar-refractivity contribution in [3.05, 3.63) is 92.9 Å². The maximum Gasteiger partial charge on any atom is 0.257 e. The zero-order chi connectivity index (χ0) is 41.5. The van der Waals surface area contributed by atoms with Gasteiger partial charge in [0.25, 0.3) is 11.8 Å². The molecule has 4 aromatic rings. The lowest BCUT2D eigenvalue weighted by atomic mass is 9.95. The molecule has 2 saturated heterocycles. The molecule has 4 heterocycles. The number of aromatic nitrogens is 2. The molecule has 6 rings (SSSR count). The molecule has 306 valence electrons. The number of nitrogens with zero attached hydrogens (tertiary/aromatic N) is 2. The molecule has 0 aliphatic carbocycles. The largest absolute Gasteiger partial charge is 0.298 e. The highest BCUT2D eigenvalue weighted by Crippen LogP contribution is 2.30. The van der Waals surface area contributed by atoms with Crippen molar-refractivity contribution < 1.29 is 39.1 Å². The Labute approximate surface area is 352 Å². The first kappa shape index (κ1) is 44.8. The fraction of sp³-hybridized carbons (Fsp3) is 0.333. The monoisotopic (exact) mass is 932 g/mol. The van der Waals surface area contributed by atoms with Crippen molar-refractivity contribution in [3.8, 4) is 0 Å². The third-order valence-corrected chi connectivity index (χ3v) is 16.3. The van der Waals surface area contributed by atoms with Gasteiger partial charge in [0, 0.05) is 46.0 Å². The summed E-state index contributed by atoms with van der Waals surface area (Å²) in [5.74, 6) is 0.690. The first-order valence-electron chi connectivity index (χ1n) is 17.2. The Morgan fingerprint density at radius 3 is 1.40 bits per heavy atom. The smallest absolute Gasteiger partial charge is 0.257 e. The molecule has 0 bridgehead atoms. The lowest BCUT2D eigenvalue weighted by molar-refractivity contribution is -0.111. The number of carbonyl (C=O) groups excluding carboxylic acids is 2. The minimum atomic E-state index is -3.36. The Balaban J connectivity index is 0.000000218. The minimum Gasteiger partial charge on any atom is -0.298 e. The summed E-state index contributed by atoms with van der Waals surface area (Å²) in [5, 5.41) is 6.16. The summed E-state index contributed by atoms with van der Waals surface area (Å²) in [6.45, 7) is 0. The van der Waals surface area contributed by atoms with Crippen LogP contribution in [0.3, 0.4) is 0 Å². The van der Waals surface area contributed by atoms with E-state index in [1.165, 1.54) is 36.7 Å². The van der Waals surface area contributed by atoms with Crippen LogP contribution in [-0.4, -0.2) is 86.8 Å². The van der Waals surface area contributed by atoms with Gasteiger partial charge in [0.1, 0.15) is 18.5 Å². The van der Waals surface area contributed by atoms with Crippen LogP contribution in [0.5, 0.6) is 0 Å². The van der Waals surface area contributed by atoms with E-state index < -0.39 is 46.2 Å². The van der Waals surface area contributed by atoms with Crippen LogP contribution < -0.4 is 10.6 Å². The number of rotatable bonds is 10. The number of hydrogen-bond donors (Lipinski definition) is 2. The molecule has 2 aliphatic heterocycles. The van der Waals surface area contributed by atoms with Crippen LogP contribution in [-0.2, 0) is 49.9 Å². The molecule has 2 aliphatic rings. The fourth-order valence-electron chi connectivity index (χ4n) is 5.85. The molecule has 2 N–H and O–H groups in total. The highest BCUT2D eigenvalue weighted by molar-refractivity contribution is 7.91. The minimum absolute atomic E-state index is 0.0752. The number of halogens is 2. The number of sulfone groups is 3. The van der Waals surface area contributed by atoms with Gasteiger partial charge in [-0.1, -0.05) is 82.3 Å². The molecule has 0 spiro atoms.